The lowest BCUT2D eigenvalue weighted by Gasteiger charge is -2.36. The van der Waals surface area contributed by atoms with Crippen molar-refractivity contribution in [3.05, 3.63) is 47.0 Å². The predicted octanol–water partition coefficient (Wildman–Crippen LogP) is 5.33. The number of carbonyl (C=O) groups is 1. The third kappa shape index (κ3) is 4.43. The summed E-state index contributed by atoms with van der Waals surface area (Å²) >= 11 is 0. The fraction of sp³-hybridized carbons (Fsp3) is 0.481. The predicted molar refractivity (Wildman–Crippen MR) is 129 cm³/mol. The van der Waals surface area contributed by atoms with E-state index in [1.807, 2.05) is 18.2 Å². The molecule has 6 heteroatoms. The van der Waals surface area contributed by atoms with Gasteiger partial charge in [-0.05, 0) is 61.4 Å². The second kappa shape index (κ2) is 9.08. The Balaban J connectivity index is 1.59. The lowest BCUT2D eigenvalue weighted by molar-refractivity contribution is -0.114. The Hall–Kier alpha value is -3.02. The molecule has 2 saturated carbocycles. The number of hydrogen-bond donors (Lipinski definition) is 1. The molecule has 2 atom stereocenters. The van der Waals surface area contributed by atoms with Gasteiger partial charge in [-0.2, -0.15) is 0 Å². The second-order valence-corrected chi connectivity index (χ2v) is 9.38. The van der Waals surface area contributed by atoms with Gasteiger partial charge in [0.2, 0.25) is 5.91 Å². The topological polar surface area (TPSA) is 69.2 Å². The minimum Gasteiger partial charge on any atom is -0.493 e. The zero-order chi connectivity index (χ0) is 22.9. The highest BCUT2D eigenvalue weighted by Gasteiger charge is 2.35. The standard InChI is InChI=1S/C27H32N2O4/c1-16(30)28-23-11-10-18(12-24(23)33-15-17-8-9-17)27-21-14-26(32-3)25(31-2)13-20(21)19-6-4-5-7-22(19)29-27/h10-14,17,19,22H,4-9,15H2,1-3H3,(H,28,30)/t19-,22-/m1/s1. The smallest absolute Gasteiger partial charge is 0.221 e. The first kappa shape index (κ1) is 21.8. The van der Waals surface area contributed by atoms with Crippen LogP contribution in [0.5, 0.6) is 17.2 Å². The van der Waals surface area contributed by atoms with E-state index in [2.05, 4.69) is 17.4 Å². The van der Waals surface area contributed by atoms with Crippen molar-refractivity contribution in [3.8, 4) is 17.2 Å². The van der Waals surface area contributed by atoms with E-state index in [0.29, 0.717) is 35.6 Å². The number of fused-ring (bicyclic) bond motifs is 3. The number of rotatable bonds is 7. The van der Waals surface area contributed by atoms with Crippen LogP contribution in [-0.4, -0.2) is 38.5 Å². The van der Waals surface area contributed by atoms with E-state index in [1.54, 1.807) is 14.2 Å². The minimum absolute atomic E-state index is 0.110. The number of nitrogens with zero attached hydrogens (tertiary/aromatic N) is 1. The maximum Gasteiger partial charge on any atom is 0.221 e. The quantitative estimate of drug-likeness (QED) is 0.622. The summed E-state index contributed by atoms with van der Waals surface area (Å²) in [6.07, 6.45) is 7.08. The van der Waals surface area contributed by atoms with Gasteiger partial charge in [0, 0.05) is 24.0 Å². The largest absolute Gasteiger partial charge is 0.493 e. The van der Waals surface area contributed by atoms with Crippen LogP contribution in [0.25, 0.3) is 0 Å². The molecule has 1 aliphatic heterocycles. The Morgan fingerprint density at radius 2 is 1.76 bits per heavy atom. The lowest BCUT2D eigenvalue weighted by atomic mass is 9.75. The van der Waals surface area contributed by atoms with E-state index in [4.69, 9.17) is 19.2 Å². The maximum absolute atomic E-state index is 11.7. The molecule has 6 nitrogen and oxygen atoms in total. The highest BCUT2D eigenvalue weighted by Crippen LogP contribution is 2.45. The van der Waals surface area contributed by atoms with Gasteiger partial charge < -0.3 is 19.5 Å². The molecule has 1 heterocycles. The number of nitrogens with one attached hydrogen (secondary N) is 1. The van der Waals surface area contributed by atoms with Crippen LogP contribution in [0.15, 0.2) is 35.3 Å². The average Bonchev–Trinajstić information content (AvgIpc) is 3.66. The van der Waals surface area contributed by atoms with Gasteiger partial charge in [0.1, 0.15) is 5.75 Å². The number of anilines is 1. The van der Waals surface area contributed by atoms with Crippen molar-refractivity contribution in [2.75, 3.05) is 26.1 Å². The fourth-order valence-electron chi connectivity index (χ4n) is 5.07. The van der Waals surface area contributed by atoms with Crippen molar-refractivity contribution in [2.24, 2.45) is 10.9 Å². The molecule has 3 aliphatic rings. The van der Waals surface area contributed by atoms with Crippen molar-refractivity contribution in [1.82, 2.24) is 0 Å². The molecule has 2 aromatic rings. The maximum atomic E-state index is 11.7. The molecule has 2 fully saturated rings. The molecule has 5 rings (SSSR count). The van der Waals surface area contributed by atoms with Crippen LogP contribution in [0.1, 0.15) is 68.1 Å². The normalized spacial score (nSPS) is 21.4. The molecule has 174 valence electrons. The first-order chi connectivity index (χ1) is 16.1. The highest BCUT2D eigenvalue weighted by molar-refractivity contribution is 6.15. The third-order valence-electron chi connectivity index (χ3n) is 6.97. The van der Waals surface area contributed by atoms with Crippen molar-refractivity contribution >= 4 is 17.3 Å². The molecule has 0 spiro atoms. The van der Waals surface area contributed by atoms with Crippen LogP contribution < -0.4 is 19.5 Å². The van der Waals surface area contributed by atoms with Gasteiger partial charge in [-0.1, -0.05) is 18.9 Å². The fourth-order valence-corrected chi connectivity index (χ4v) is 5.07. The molecule has 1 amide bonds. The third-order valence-corrected chi connectivity index (χ3v) is 6.97. The summed E-state index contributed by atoms with van der Waals surface area (Å²) in [5.41, 5.74) is 5.03. The zero-order valence-corrected chi connectivity index (χ0v) is 19.6. The summed E-state index contributed by atoms with van der Waals surface area (Å²) in [6.45, 7) is 2.19. The molecule has 0 bridgehead atoms. The van der Waals surface area contributed by atoms with Crippen LogP contribution in [-0.2, 0) is 4.79 Å². The molecule has 0 saturated heterocycles. The van der Waals surface area contributed by atoms with Crippen molar-refractivity contribution in [2.45, 2.75) is 57.4 Å². The van der Waals surface area contributed by atoms with Gasteiger partial charge in [0.15, 0.2) is 11.5 Å². The number of amides is 1. The molecule has 1 N–H and O–H groups in total. The van der Waals surface area contributed by atoms with E-state index in [1.165, 1.54) is 38.2 Å². The van der Waals surface area contributed by atoms with Crippen molar-refractivity contribution < 1.29 is 19.0 Å². The Labute approximate surface area is 195 Å². The summed E-state index contributed by atoms with van der Waals surface area (Å²) in [7, 11) is 3.35. The molecule has 0 aromatic heterocycles. The molecular weight excluding hydrogens is 416 g/mol. The molecular formula is C27H32N2O4. The molecule has 2 aliphatic carbocycles. The summed E-state index contributed by atoms with van der Waals surface area (Å²) in [4.78, 5) is 17.0. The molecule has 0 radical (unpaired) electrons. The van der Waals surface area contributed by atoms with Crippen LogP contribution in [0.4, 0.5) is 5.69 Å². The van der Waals surface area contributed by atoms with E-state index in [9.17, 15) is 4.79 Å². The number of ether oxygens (including phenoxy) is 3. The Kier molecular flexibility index (Phi) is 6.00. The number of hydrogen-bond acceptors (Lipinski definition) is 5. The van der Waals surface area contributed by atoms with Crippen LogP contribution >= 0.6 is 0 Å². The Morgan fingerprint density at radius 1 is 1.00 bits per heavy atom. The average molecular weight is 449 g/mol. The van der Waals surface area contributed by atoms with Gasteiger partial charge >= 0.3 is 0 Å². The minimum atomic E-state index is -0.110. The molecule has 33 heavy (non-hydrogen) atoms. The lowest BCUT2D eigenvalue weighted by Crippen LogP contribution is -2.29. The Morgan fingerprint density at radius 3 is 2.48 bits per heavy atom. The summed E-state index contributed by atoms with van der Waals surface area (Å²) in [5.74, 6) is 3.08. The highest BCUT2D eigenvalue weighted by atomic mass is 16.5. The summed E-state index contributed by atoms with van der Waals surface area (Å²) < 4.78 is 17.4. The van der Waals surface area contributed by atoms with Crippen molar-refractivity contribution in [1.29, 1.82) is 0 Å². The van der Waals surface area contributed by atoms with E-state index in [-0.39, 0.29) is 11.9 Å². The van der Waals surface area contributed by atoms with E-state index in [0.717, 1.165) is 35.4 Å². The van der Waals surface area contributed by atoms with Crippen LogP contribution in [0.3, 0.4) is 0 Å². The van der Waals surface area contributed by atoms with Gasteiger partial charge in [0.05, 0.1) is 38.3 Å². The Bertz CT molecular complexity index is 1090. The molecule has 2 aromatic carbocycles. The van der Waals surface area contributed by atoms with Gasteiger partial charge in [-0.25, -0.2) is 0 Å². The number of aliphatic imine (C=N–C) groups is 1. The second-order valence-electron chi connectivity index (χ2n) is 9.38. The number of carbonyl (C=O) groups excluding carboxylic acids is 1. The van der Waals surface area contributed by atoms with E-state index < -0.39 is 0 Å². The van der Waals surface area contributed by atoms with Gasteiger partial charge in [0.25, 0.3) is 0 Å². The number of methoxy groups -OCH3 is 2. The van der Waals surface area contributed by atoms with Crippen LogP contribution in [0, 0.1) is 5.92 Å². The van der Waals surface area contributed by atoms with E-state index >= 15 is 0 Å². The van der Waals surface area contributed by atoms with Crippen LogP contribution in [0.2, 0.25) is 0 Å². The first-order valence-corrected chi connectivity index (χ1v) is 12.0. The van der Waals surface area contributed by atoms with Gasteiger partial charge in [-0.15, -0.1) is 0 Å². The summed E-state index contributed by atoms with van der Waals surface area (Å²) in [5, 5.41) is 2.91. The first-order valence-electron chi connectivity index (χ1n) is 12.0. The van der Waals surface area contributed by atoms with Crippen molar-refractivity contribution in [3.63, 3.8) is 0 Å². The SMILES string of the molecule is COc1cc2c(cc1OC)[C@H]1CCCC[C@H]1N=C2c1ccc(NC(C)=O)c(OCC2CC2)c1. The number of benzene rings is 2. The van der Waals surface area contributed by atoms with Gasteiger partial charge in [-0.3, -0.25) is 9.79 Å². The summed E-state index contributed by atoms with van der Waals surface area (Å²) in [6, 6.07) is 10.4. The zero-order valence-electron chi connectivity index (χ0n) is 19.6. The molecule has 0 unspecified atom stereocenters. The monoisotopic (exact) mass is 448 g/mol.